The SMILES string of the molecule is O=C(N/C(=C/c1ccccc1)C(=O)N1CCCCC1)c1cccc(Br)c1. The van der Waals surface area contributed by atoms with Crippen LogP contribution < -0.4 is 5.32 Å². The third-order valence-electron chi connectivity index (χ3n) is 4.32. The van der Waals surface area contributed by atoms with Gasteiger partial charge >= 0.3 is 0 Å². The lowest BCUT2D eigenvalue weighted by Crippen LogP contribution is -2.41. The van der Waals surface area contributed by atoms with Crippen molar-refractivity contribution in [3.63, 3.8) is 0 Å². The number of halogens is 1. The molecule has 26 heavy (non-hydrogen) atoms. The highest BCUT2D eigenvalue weighted by Gasteiger charge is 2.22. The summed E-state index contributed by atoms with van der Waals surface area (Å²) >= 11 is 3.37. The highest BCUT2D eigenvalue weighted by Crippen LogP contribution is 2.15. The summed E-state index contributed by atoms with van der Waals surface area (Å²) in [5.74, 6) is -0.421. The molecule has 0 unspecified atom stereocenters. The van der Waals surface area contributed by atoms with Gasteiger partial charge in [-0.3, -0.25) is 9.59 Å². The minimum absolute atomic E-state index is 0.128. The molecular weight excluding hydrogens is 392 g/mol. The van der Waals surface area contributed by atoms with Crippen molar-refractivity contribution in [3.8, 4) is 0 Å². The van der Waals surface area contributed by atoms with E-state index in [2.05, 4.69) is 21.2 Å². The van der Waals surface area contributed by atoms with Gasteiger partial charge in [0.15, 0.2) is 0 Å². The molecule has 0 atom stereocenters. The highest BCUT2D eigenvalue weighted by molar-refractivity contribution is 9.10. The summed E-state index contributed by atoms with van der Waals surface area (Å²) in [6.45, 7) is 1.47. The van der Waals surface area contributed by atoms with Crippen LogP contribution in [0.1, 0.15) is 35.2 Å². The molecule has 0 saturated carbocycles. The summed E-state index contributed by atoms with van der Waals surface area (Å²) in [5.41, 5.74) is 1.69. The average molecular weight is 413 g/mol. The summed E-state index contributed by atoms with van der Waals surface area (Å²) in [6.07, 6.45) is 4.90. The fourth-order valence-corrected chi connectivity index (χ4v) is 3.36. The third-order valence-corrected chi connectivity index (χ3v) is 4.81. The summed E-state index contributed by atoms with van der Waals surface area (Å²) in [7, 11) is 0. The second kappa shape index (κ2) is 8.81. The molecule has 134 valence electrons. The van der Waals surface area contributed by atoms with Crippen molar-refractivity contribution < 1.29 is 9.59 Å². The number of piperidine rings is 1. The molecular formula is C21H21BrN2O2. The summed E-state index contributed by atoms with van der Waals surface area (Å²) in [6, 6.07) is 16.7. The lowest BCUT2D eigenvalue weighted by Gasteiger charge is -2.27. The quantitative estimate of drug-likeness (QED) is 0.763. The fraction of sp³-hybridized carbons (Fsp3) is 0.238. The number of hydrogen-bond acceptors (Lipinski definition) is 2. The topological polar surface area (TPSA) is 49.4 Å². The molecule has 0 bridgehead atoms. The maximum Gasteiger partial charge on any atom is 0.270 e. The predicted molar refractivity (Wildman–Crippen MR) is 106 cm³/mol. The molecule has 1 N–H and O–H groups in total. The fourth-order valence-electron chi connectivity index (χ4n) is 2.96. The van der Waals surface area contributed by atoms with Crippen molar-refractivity contribution in [3.05, 3.63) is 75.9 Å². The van der Waals surface area contributed by atoms with Gasteiger partial charge in [0, 0.05) is 23.1 Å². The maximum atomic E-state index is 13.0. The summed E-state index contributed by atoms with van der Waals surface area (Å²) in [5, 5.41) is 2.82. The van der Waals surface area contributed by atoms with E-state index in [1.807, 2.05) is 41.3 Å². The van der Waals surface area contributed by atoms with Crippen LogP contribution in [0.3, 0.4) is 0 Å². The molecule has 2 aromatic carbocycles. The van der Waals surface area contributed by atoms with Crippen molar-refractivity contribution in [2.24, 2.45) is 0 Å². The monoisotopic (exact) mass is 412 g/mol. The van der Waals surface area contributed by atoms with Gasteiger partial charge in [-0.15, -0.1) is 0 Å². The van der Waals surface area contributed by atoms with Crippen LogP contribution in [0.25, 0.3) is 6.08 Å². The van der Waals surface area contributed by atoms with Gasteiger partial charge in [-0.2, -0.15) is 0 Å². The molecule has 0 aromatic heterocycles. The van der Waals surface area contributed by atoms with E-state index in [1.54, 1.807) is 24.3 Å². The Morgan fingerprint density at radius 3 is 2.38 bits per heavy atom. The van der Waals surface area contributed by atoms with Crippen molar-refractivity contribution in [1.82, 2.24) is 10.2 Å². The number of hydrogen-bond donors (Lipinski definition) is 1. The molecule has 1 aliphatic rings. The van der Waals surface area contributed by atoms with Crippen LogP contribution in [-0.4, -0.2) is 29.8 Å². The number of amides is 2. The van der Waals surface area contributed by atoms with Crippen LogP contribution in [0.5, 0.6) is 0 Å². The van der Waals surface area contributed by atoms with Gasteiger partial charge < -0.3 is 10.2 Å². The molecule has 1 heterocycles. The van der Waals surface area contributed by atoms with Gasteiger partial charge in [0.2, 0.25) is 0 Å². The first-order valence-electron chi connectivity index (χ1n) is 8.76. The number of rotatable bonds is 4. The smallest absolute Gasteiger partial charge is 0.270 e. The Hall–Kier alpha value is -2.40. The van der Waals surface area contributed by atoms with E-state index < -0.39 is 0 Å². The lowest BCUT2D eigenvalue weighted by atomic mass is 10.1. The first kappa shape index (κ1) is 18.4. The third kappa shape index (κ3) is 4.82. The molecule has 0 spiro atoms. The van der Waals surface area contributed by atoms with Gasteiger partial charge in [0.1, 0.15) is 5.70 Å². The van der Waals surface area contributed by atoms with Gasteiger partial charge in [0.25, 0.3) is 11.8 Å². The van der Waals surface area contributed by atoms with Gasteiger partial charge in [0.05, 0.1) is 0 Å². The molecule has 1 aliphatic heterocycles. The van der Waals surface area contributed by atoms with Crippen LogP contribution in [0.15, 0.2) is 64.8 Å². The minimum Gasteiger partial charge on any atom is -0.337 e. The molecule has 0 aliphatic carbocycles. The molecule has 2 amide bonds. The normalized spacial score (nSPS) is 14.8. The molecule has 3 rings (SSSR count). The minimum atomic E-state index is -0.293. The van der Waals surface area contributed by atoms with Crippen LogP contribution in [0, 0.1) is 0 Å². The second-order valence-corrected chi connectivity index (χ2v) is 7.20. The summed E-state index contributed by atoms with van der Waals surface area (Å²) in [4.78, 5) is 27.4. The van der Waals surface area contributed by atoms with E-state index in [9.17, 15) is 9.59 Å². The Bertz CT molecular complexity index is 812. The lowest BCUT2D eigenvalue weighted by molar-refractivity contribution is -0.128. The van der Waals surface area contributed by atoms with E-state index >= 15 is 0 Å². The summed E-state index contributed by atoms with van der Waals surface area (Å²) < 4.78 is 0.820. The Balaban J connectivity index is 1.86. The van der Waals surface area contributed by atoms with Gasteiger partial charge in [-0.1, -0.05) is 52.3 Å². The number of nitrogens with one attached hydrogen (secondary N) is 1. The highest BCUT2D eigenvalue weighted by atomic mass is 79.9. The Labute approximate surface area is 162 Å². The van der Waals surface area contributed by atoms with Crippen LogP contribution in [0.2, 0.25) is 0 Å². The number of carbonyl (C=O) groups excluding carboxylic acids is 2. The van der Waals surface area contributed by atoms with Crippen LogP contribution in [-0.2, 0) is 4.79 Å². The van der Waals surface area contributed by atoms with Crippen molar-refractivity contribution >= 4 is 33.8 Å². The van der Waals surface area contributed by atoms with E-state index in [-0.39, 0.29) is 11.8 Å². The molecule has 5 heteroatoms. The van der Waals surface area contributed by atoms with Crippen LogP contribution >= 0.6 is 15.9 Å². The number of benzene rings is 2. The predicted octanol–water partition coefficient (Wildman–Crippen LogP) is 4.23. The van der Waals surface area contributed by atoms with E-state index in [0.29, 0.717) is 11.3 Å². The Kier molecular flexibility index (Phi) is 6.23. The number of likely N-dealkylation sites (tertiary alicyclic amines) is 1. The molecule has 1 fully saturated rings. The van der Waals surface area contributed by atoms with Gasteiger partial charge in [-0.25, -0.2) is 0 Å². The zero-order valence-corrected chi connectivity index (χ0v) is 16.0. The average Bonchev–Trinajstić information content (AvgIpc) is 2.68. The van der Waals surface area contributed by atoms with Crippen molar-refractivity contribution in [2.75, 3.05) is 13.1 Å². The zero-order chi connectivity index (χ0) is 18.4. The largest absolute Gasteiger partial charge is 0.337 e. The van der Waals surface area contributed by atoms with E-state index in [4.69, 9.17) is 0 Å². The molecule has 1 saturated heterocycles. The Morgan fingerprint density at radius 1 is 0.962 bits per heavy atom. The molecule has 2 aromatic rings. The molecule has 4 nitrogen and oxygen atoms in total. The van der Waals surface area contributed by atoms with Crippen molar-refractivity contribution in [2.45, 2.75) is 19.3 Å². The zero-order valence-electron chi connectivity index (χ0n) is 14.5. The van der Waals surface area contributed by atoms with E-state index in [0.717, 1.165) is 42.4 Å². The first-order valence-corrected chi connectivity index (χ1v) is 9.56. The van der Waals surface area contributed by atoms with Gasteiger partial charge in [-0.05, 0) is 49.1 Å². The standard InChI is InChI=1S/C21H21BrN2O2/c22-18-11-7-10-17(15-18)20(25)23-19(14-16-8-3-1-4-9-16)21(26)24-12-5-2-6-13-24/h1,3-4,7-11,14-15H,2,5-6,12-13H2,(H,23,25)/b19-14+. The molecule has 0 radical (unpaired) electrons. The first-order chi connectivity index (χ1) is 12.6. The van der Waals surface area contributed by atoms with Crippen LogP contribution in [0.4, 0.5) is 0 Å². The number of nitrogens with zero attached hydrogens (tertiary/aromatic N) is 1. The van der Waals surface area contributed by atoms with Crippen molar-refractivity contribution in [1.29, 1.82) is 0 Å². The maximum absolute atomic E-state index is 13.0. The second-order valence-electron chi connectivity index (χ2n) is 6.29. The Morgan fingerprint density at radius 2 is 1.69 bits per heavy atom. The van der Waals surface area contributed by atoms with E-state index in [1.165, 1.54) is 0 Å². The number of carbonyl (C=O) groups is 2.